The van der Waals surface area contributed by atoms with Crippen molar-refractivity contribution >= 4 is 0 Å². The van der Waals surface area contributed by atoms with Crippen LogP contribution in [0.5, 0.6) is 0 Å². The molecular formula is C34H58N2O2. The largest absolute Gasteiger partial charge is 0.393 e. The molecule has 5 fully saturated rings. The van der Waals surface area contributed by atoms with Crippen LogP contribution in [0.3, 0.4) is 0 Å². The smallest absolute Gasteiger partial charge is 0.0771 e. The van der Waals surface area contributed by atoms with Crippen LogP contribution < -0.4 is 0 Å². The van der Waals surface area contributed by atoms with Crippen LogP contribution in [0.2, 0.25) is 0 Å². The van der Waals surface area contributed by atoms with Gasteiger partial charge in [-0.25, -0.2) is 0 Å². The summed E-state index contributed by atoms with van der Waals surface area (Å²) in [5.74, 6) is 2.84. The van der Waals surface area contributed by atoms with E-state index in [9.17, 15) is 5.11 Å². The minimum absolute atomic E-state index is 0.0664. The zero-order valence-electron chi connectivity index (χ0n) is 25.8. The van der Waals surface area contributed by atoms with E-state index in [0.717, 1.165) is 37.1 Å². The summed E-state index contributed by atoms with van der Waals surface area (Å²) in [5.41, 5.74) is 2.72. The van der Waals surface area contributed by atoms with Gasteiger partial charge >= 0.3 is 0 Å². The van der Waals surface area contributed by atoms with E-state index in [2.05, 4.69) is 64.6 Å². The molecule has 0 aromatic heterocycles. The normalized spacial score (nSPS) is 52.8. The molecule has 4 aliphatic carbocycles. The zero-order chi connectivity index (χ0) is 27.1. The first kappa shape index (κ1) is 27.7. The Morgan fingerprint density at radius 3 is 2.66 bits per heavy atom. The summed E-state index contributed by atoms with van der Waals surface area (Å²) in [6.07, 6.45) is 16.4. The van der Waals surface area contributed by atoms with Gasteiger partial charge in [0.2, 0.25) is 0 Å². The maximum absolute atomic E-state index is 10.5. The van der Waals surface area contributed by atoms with E-state index in [0.29, 0.717) is 28.9 Å². The quantitative estimate of drug-likeness (QED) is 0.413. The first-order chi connectivity index (χ1) is 17.9. The summed E-state index contributed by atoms with van der Waals surface area (Å²) in [7, 11) is 4.41. The molecule has 1 N–H and O–H groups in total. The second-order valence-corrected chi connectivity index (χ2v) is 16.1. The van der Waals surface area contributed by atoms with Crippen molar-refractivity contribution in [3.05, 3.63) is 11.6 Å². The van der Waals surface area contributed by atoms with Crippen molar-refractivity contribution in [1.29, 1.82) is 0 Å². The van der Waals surface area contributed by atoms with Crippen molar-refractivity contribution in [3.63, 3.8) is 0 Å². The Kier molecular flexibility index (Phi) is 6.98. The van der Waals surface area contributed by atoms with Crippen LogP contribution in [0.4, 0.5) is 0 Å². The first-order valence-corrected chi connectivity index (χ1v) is 16.4. The molecule has 9 unspecified atom stereocenters. The van der Waals surface area contributed by atoms with Crippen molar-refractivity contribution in [1.82, 2.24) is 9.80 Å². The monoisotopic (exact) mass is 526 g/mol. The number of piperidine rings is 1. The molecule has 38 heavy (non-hydrogen) atoms. The number of aliphatic hydroxyl groups excluding tert-OH is 1. The van der Waals surface area contributed by atoms with Gasteiger partial charge < -0.3 is 14.7 Å². The molecule has 3 saturated carbocycles. The minimum atomic E-state index is -0.120. The Balaban J connectivity index is 1.24. The van der Waals surface area contributed by atoms with Crippen LogP contribution in [0.15, 0.2) is 11.6 Å². The molecule has 0 aromatic rings. The first-order valence-electron chi connectivity index (χ1n) is 16.4. The molecule has 4 heteroatoms. The minimum Gasteiger partial charge on any atom is -0.393 e. The molecular weight excluding hydrogens is 468 g/mol. The van der Waals surface area contributed by atoms with Crippen LogP contribution in [0.25, 0.3) is 0 Å². The molecule has 2 heterocycles. The molecule has 2 aliphatic heterocycles. The Morgan fingerprint density at radius 2 is 1.89 bits per heavy atom. The van der Waals surface area contributed by atoms with Gasteiger partial charge in [0.1, 0.15) is 0 Å². The van der Waals surface area contributed by atoms with Crippen molar-refractivity contribution < 1.29 is 9.84 Å². The van der Waals surface area contributed by atoms with Crippen LogP contribution in [-0.2, 0) is 4.74 Å². The fourth-order valence-electron chi connectivity index (χ4n) is 11.2. The van der Waals surface area contributed by atoms with E-state index in [-0.39, 0.29) is 17.1 Å². The number of likely N-dealkylation sites (tertiary alicyclic amines) is 1. The Morgan fingerprint density at radius 1 is 1.11 bits per heavy atom. The summed E-state index contributed by atoms with van der Waals surface area (Å²) in [6, 6.07) is 0.601. The predicted molar refractivity (Wildman–Crippen MR) is 156 cm³/mol. The predicted octanol–water partition coefficient (Wildman–Crippen LogP) is 6.53. The van der Waals surface area contributed by atoms with Gasteiger partial charge in [0.05, 0.1) is 17.8 Å². The van der Waals surface area contributed by atoms with E-state index < -0.39 is 0 Å². The van der Waals surface area contributed by atoms with Gasteiger partial charge in [-0.3, -0.25) is 4.90 Å². The van der Waals surface area contributed by atoms with Gasteiger partial charge in [0, 0.05) is 31.1 Å². The summed E-state index contributed by atoms with van der Waals surface area (Å²) in [6.45, 7) is 16.3. The van der Waals surface area contributed by atoms with Crippen LogP contribution in [-0.4, -0.2) is 72.5 Å². The second kappa shape index (κ2) is 9.57. The average molecular weight is 527 g/mol. The molecule has 6 rings (SSSR count). The third kappa shape index (κ3) is 4.12. The number of hydrogen-bond donors (Lipinski definition) is 1. The van der Waals surface area contributed by atoms with Gasteiger partial charge in [-0.1, -0.05) is 46.3 Å². The third-order valence-corrected chi connectivity index (χ3v) is 13.6. The lowest BCUT2D eigenvalue weighted by Crippen LogP contribution is -2.65. The molecule has 11 atom stereocenters. The highest BCUT2D eigenvalue weighted by Gasteiger charge is 2.77. The van der Waals surface area contributed by atoms with E-state index in [1.165, 1.54) is 70.9 Å². The highest BCUT2D eigenvalue weighted by atomic mass is 16.5. The van der Waals surface area contributed by atoms with Crippen LogP contribution in [0, 0.1) is 39.9 Å². The molecule has 2 saturated heterocycles. The highest BCUT2D eigenvalue weighted by Crippen LogP contribution is 2.80. The molecule has 216 valence electrons. The molecule has 1 spiro atoms. The molecule has 0 radical (unpaired) electrons. The lowest BCUT2D eigenvalue weighted by Gasteiger charge is -2.60. The fourth-order valence-corrected chi connectivity index (χ4v) is 11.2. The van der Waals surface area contributed by atoms with Gasteiger partial charge in [-0.2, -0.15) is 0 Å². The maximum Gasteiger partial charge on any atom is 0.0771 e. The standard InChI is InChI=1S/C34H58N2O2/c1-23-17-30-29(36(21-23)16-15-35(6)7)18-25(3)34(38-30)13-8-12-33(22-32(33,34)5)20-28-24(2)9-10-26-19-27(37)11-14-31(26,28)4/h10,23-25,27-30,37H,8-9,11-22H2,1-7H3/t23?,24?,25-,27?,28?,29?,30-,31?,32?,33?,34?/m1/s1. The van der Waals surface area contributed by atoms with Crippen LogP contribution in [0.1, 0.15) is 105 Å². The second-order valence-electron chi connectivity index (χ2n) is 16.1. The number of hydrogen-bond acceptors (Lipinski definition) is 4. The van der Waals surface area contributed by atoms with Gasteiger partial charge in [0.15, 0.2) is 0 Å². The molecule has 4 nitrogen and oxygen atoms in total. The molecule has 6 aliphatic rings. The number of aliphatic hydroxyl groups is 1. The third-order valence-electron chi connectivity index (χ3n) is 13.6. The van der Waals surface area contributed by atoms with Crippen molar-refractivity contribution in [2.45, 2.75) is 129 Å². The number of allylic oxidation sites excluding steroid dienone is 1. The van der Waals surface area contributed by atoms with E-state index in [1.54, 1.807) is 5.57 Å². The van der Waals surface area contributed by atoms with E-state index in [1.807, 2.05) is 0 Å². The van der Waals surface area contributed by atoms with E-state index in [4.69, 9.17) is 4.74 Å². The Hall–Kier alpha value is -0.420. The van der Waals surface area contributed by atoms with Gasteiger partial charge in [0.25, 0.3) is 0 Å². The number of fused-ring (bicyclic) bond motifs is 4. The van der Waals surface area contributed by atoms with Crippen molar-refractivity contribution in [2.24, 2.45) is 39.9 Å². The molecule has 0 aromatic carbocycles. The van der Waals surface area contributed by atoms with Gasteiger partial charge in [-0.15, -0.1) is 0 Å². The SMILES string of the molecule is CC1C[C@H]2OC3(CCCC4(CC5C(C)CC=C6CC(O)CCC65C)CC43C)[C@H](C)CC2N(CCN(C)C)C1. The zero-order valence-corrected chi connectivity index (χ0v) is 25.8. The topological polar surface area (TPSA) is 35.9 Å². The van der Waals surface area contributed by atoms with Crippen molar-refractivity contribution in [2.75, 3.05) is 33.7 Å². The number of likely N-dealkylation sites (N-methyl/N-ethyl adjacent to an activating group) is 1. The lowest BCUT2D eigenvalue weighted by atomic mass is 9.53. The van der Waals surface area contributed by atoms with Crippen molar-refractivity contribution in [3.8, 4) is 0 Å². The maximum atomic E-state index is 10.5. The van der Waals surface area contributed by atoms with E-state index >= 15 is 0 Å². The highest BCUT2D eigenvalue weighted by molar-refractivity contribution is 5.29. The molecule has 0 amide bonds. The van der Waals surface area contributed by atoms with Gasteiger partial charge in [-0.05, 0) is 119 Å². The average Bonchev–Trinajstić information content (AvgIpc) is 3.48. The number of nitrogens with zero attached hydrogens (tertiary/aromatic N) is 2. The Labute approximate surface area is 233 Å². The summed E-state index contributed by atoms with van der Waals surface area (Å²) in [4.78, 5) is 5.13. The summed E-state index contributed by atoms with van der Waals surface area (Å²) < 4.78 is 7.58. The summed E-state index contributed by atoms with van der Waals surface area (Å²) >= 11 is 0. The molecule has 0 bridgehead atoms. The fraction of sp³-hybridized carbons (Fsp3) is 0.941. The number of ether oxygens (including phenoxy) is 1. The Bertz CT molecular complexity index is 933. The lowest BCUT2D eigenvalue weighted by molar-refractivity contribution is -0.249. The number of rotatable bonds is 5. The summed E-state index contributed by atoms with van der Waals surface area (Å²) in [5, 5.41) is 10.5. The van der Waals surface area contributed by atoms with Crippen LogP contribution >= 0.6 is 0 Å².